The van der Waals surface area contributed by atoms with Crippen LogP contribution in [0.4, 0.5) is 0 Å². The molecule has 0 amide bonds. The zero-order chi connectivity index (χ0) is 19.1. The first-order valence-electron chi connectivity index (χ1n) is 7.78. The fourth-order valence-corrected chi connectivity index (χ4v) is 4.45. The van der Waals surface area contributed by atoms with Crippen molar-refractivity contribution in [3.05, 3.63) is 79.4 Å². The van der Waals surface area contributed by atoms with E-state index in [0.717, 1.165) is 4.88 Å². The lowest BCUT2D eigenvalue weighted by molar-refractivity contribution is -0.521. The van der Waals surface area contributed by atoms with E-state index < -0.39 is 5.78 Å². The summed E-state index contributed by atoms with van der Waals surface area (Å²) < 4.78 is 3.63. The van der Waals surface area contributed by atoms with E-state index in [1.165, 1.54) is 15.7 Å². The van der Waals surface area contributed by atoms with Gasteiger partial charge >= 0.3 is 5.88 Å². The summed E-state index contributed by atoms with van der Waals surface area (Å²) in [6.45, 7) is 0.307. The second-order valence-electron chi connectivity index (χ2n) is 5.69. The molecule has 136 valence electrons. The summed E-state index contributed by atoms with van der Waals surface area (Å²) in [5.74, 6) is -0.662. The number of rotatable bonds is 4. The van der Waals surface area contributed by atoms with Crippen molar-refractivity contribution in [2.75, 3.05) is 0 Å². The van der Waals surface area contributed by atoms with Crippen LogP contribution in [-0.2, 0) is 6.54 Å². The lowest BCUT2D eigenvalue weighted by atomic mass is 10.1. The number of imidazole rings is 1. The number of hydrogen-bond donors (Lipinski definition) is 1. The minimum Gasteiger partial charge on any atom is -0.474 e. The van der Waals surface area contributed by atoms with Gasteiger partial charge in [-0.05, 0) is 18.2 Å². The van der Waals surface area contributed by atoms with Crippen LogP contribution in [0.25, 0.3) is 5.65 Å². The summed E-state index contributed by atoms with van der Waals surface area (Å²) in [6, 6.07) is 10.2. The number of pyridine rings is 1. The van der Waals surface area contributed by atoms with E-state index in [1.54, 1.807) is 47.3 Å². The van der Waals surface area contributed by atoms with Gasteiger partial charge in [-0.25, -0.2) is 9.55 Å². The van der Waals surface area contributed by atoms with Crippen LogP contribution in [0.1, 0.15) is 20.9 Å². The van der Waals surface area contributed by atoms with Crippen LogP contribution in [0, 0.1) is 0 Å². The Morgan fingerprint density at radius 2 is 1.89 bits per heavy atom. The second-order valence-corrected chi connectivity index (χ2v) is 8.20. The van der Waals surface area contributed by atoms with Gasteiger partial charge in [-0.3, -0.25) is 4.79 Å². The SMILES string of the molecule is O=C(c1c(Cl)cccc1Cl)c1c(O)[n+]2ccccc2n1Cc1cnc(Cl)s1. The predicted octanol–water partition coefficient (Wildman–Crippen LogP) is 4.63. The molecule has 3 heterocycles. The van der Waals surface area contributed by atoms with Crippen LogP contribution in [-0.4, -0.2) is 20.4 Å². The first kappa shape index (κ1) is 18.3. The third kappa shape index (κ3) is 3.19. The molecule has 0 unspecified atom stereocenters. The van der Waals surface area contributed by atoms with Crippen LogP contribution in [0.2, 0.25) is 14.5 Å². The highest BCUT2D eigenvalue weighted by Gasteiger charge is 2.34. The number of thiazole rings is 1. The van der Waals surface area contributed by atoms with Crippen molar-refractivity contribution in [1.29, 1.82) is 0 Å². The first-order valence-corrected chi connectivity index (χ1v) is 9.73. The average molecular weight is 440 g/mol. The highest BCUT2D eigenvalue weighted by molar-refractivity contribution is 7.15. The molecule has 0 radical (unpaired) electrons. The van der Waals surface area contributed by atoms with Gasteiger partial charge in [-0.2, -0.15) is 4.40 Å². The van der Waals surface area contributed by atoms with Crippen molar-refractivity contribution in [3.8, 4) is 5.88 Å². The van der Waals surface area contributed by atoms with E-state index in [9.17, 15) is 9.90 Å². The van der Waals surface area contributed by atoms with Gasteiger partial charge in [-0.1, -0.05) is 46.9 Å². The number of ketones is 1. The molecular weight excluding hydrogens is 429 g/mol. The number of fused-ring (bicyclic) bond motifs is 1. The molecule has 0 saturated heterocycles. The van der Waals surface area contributed by atoms with Gasteiger partial charge in [0.05, 0.1) is 26.7 Å². The Morgan fingerprint density at radius 1 is 1.15 bits per heavy atom. The number of carbonyl (C=O) groups excluding carboxylic acids is 1. The topological polar surface area (TPSA) is 59.2 Å². The smallest absolute Gasteiger partial charge is 0.339 e. The summed E-state index contributed by atoms with van der Waals surface area (Å²) >= 11 is 19.7. The van der Waals surface area contributed by atoms with Crippen molar-refractivity contribution < 1.29 is 14.3 Å². The van der Waals surface area contributed by atoms with Gasteiger partial charge in [0, 0.05) is 12.3 Å². The first-order chi connectivity index (χ1) is 13.0. The van der Waals surface area contributed by atoms with Gasteiger partial charge in [0.15, 0.2) is 4.47 Å². The standard InChI is InChI=1S/C18H10Cl3N3O2S/c19-11-4-3-5-12(20)14(11)16(25)15-17(26)23-7-2-1-6-13(23)24(15)9-10-8-22-18(21)27-10/h1-8H,9H2/p+1. The van der Waals surface area contributed by atoms with Crippen LogP contribution in [0.3, 0.4) is 0 Å². The fourth-order valence-electron chi connectivity index (χ4n) is 2.91. The third-order valence-electron chi connectivity index (χ3n) is 4.07. The van der Waals surface area contributed by atoms with Crippen LogP contribution in [0.15, 0.2) is 48.8 Å². The summed E-state index contributed by atoms with van der Waals surface area (Å²) in [4.78, 5) is 18.2. The molecule has 27 heavy (non-hydrogen) atoms. The van der Waals surface area contributed by atoms with Crippen molar-refractivity contribution in [3.63, 3.8) is 0 Å². The number of aromatic hydroxyl groups is 1. The molecule has 3 aromatic heterocycles. The van der Waals surface area contributed by atoms with E-state index >= 15 is 0 Å². The molecule has 0 aliphatic rings. The van der Waals surface area contributed by atoms with E-state index in [2.05, 4.69) is 4.98 Å². The van der Waals surface area contributed by atoms with Crippen LogP contribution < -0.4 is 4.40 Å². The van der Waals surface area contributed by atoms with Gasteiger partial charge < -0.3 is 5.11 Å². The summed E-state index contributed by atoms with van der Waals surface area (Å²) in [5.41, 5.74) is 0.856. The molecule has 4 rings (SSSR count). The monoisotopic (exact) mass is 438 g/mol. The van der Waals surface area contributed by atoms with E-state index in [-0.39, 0.29) is 27.2 Å². The number of halogens is 3. The Bertz CT molecular complexity index is 1170. The molecule has 0 aliphatic carbocycles. The highest BCUT2D eigenvalue weighted by Crippen LogP contribution is 2.31. The molecule has 0 atom stereocenters. The van der Waals surface area contributed by atoms with Gasteiger partial charge in [-0.15, -0.1) is 11.3 Å². The zero-order valence-electron chi connectivity index (χ0n) is 13.6. The zero-order valence-corrected chi connectivity index (χ0v) is 16.6. The summed E-state index contributed by atoms with van der Waals surface area (Å²) in [7, 11) is 0. The maximum atomic E-state index is 13.3. The Hall–Kier alpha value is -2.12. The lowest BCUT2D eigenvalue weighted by Gasteiger charge is -2.05. The average Bonchev–Trinajstić information content (AvgIpc) is 3.17. The second kappa shape index (κ2) is 7.13. The Balaban J connectivity index is 1.95. The summed E-state index contributed by atoms with van der Waals surface area (Å²) in [6.07, 6.45) is 3.31. The third-order valence-corrected chi connectivity index (χ3v) is 5.80. The van der Waals surface area contributed by atoms with Gasteiger partial charge in [0.2, 0.25) is 5.78 Å². The van der Waals surface area contributed by atoms with Crippen molar-refractivity contribution in [1.82, 2.24) is 9.55 Å². The number of benzene rings is 1. The molecule has 4 aromatic rings. The Labute approximate surface area is 173 Å². The molecule has 9 heteroatoms. The number of aromatic nitrogens is 3. The van der Waals surface area contributed by atoms with Gasteiger partial charge in [0.25, 0.3) is 11.3 Å². The molecule has 1 N–H and O–H groups in total. The highest BCUT2D eigenvalue weighted by atomic mass is 35.5. The van der Waals surface area contributed by atoms with Gasteiger partial charge in [0.1, 0.15) is 6.54 Å². The molecule has 0 saturated carbocycles. The van der Waals surface area contributed by atoms with Crippen LogP contribution in [0.5, 0.6) is 5.88 Å². The molecule has 0 aliphatic heterocycles. The normalized spacial score (nSPS) is 11.2. The van der Waals surface area contributed by atoms with Crippen LogP contribution >= 0.6 is 46.1 Å². The lowest BCUT2D eigenvalue weighted by Crippen LogP contribution is -2.19. The summed E-state index contributed by atoms with van der Waals surface area (Å²) in [5, 5.41) is 11.2. The number of hydrogen-bond acceptors (Lipinski definition) is 4. The molecular formula is C18H11Cl3N3O2S+. The van der Waals surface area contributed by atoms with Crippen molar-refractivity contribution >= 4 is 57.6 Å². The van der Waals surface area contributed by atoms with E-state index in [0.29, 0.717) is 16.7 Å². The molecule has 0 spiro atoms. The Morgan fingerprint density at radius 3 is 2.56 bits per heavy atom. The number of nitrogens with zero attached hydrogens (tertiary/aromatic N) is 3. The van der Waals surface area contributed by atoms with E-state index in [4.69, 9.17) is 34.8 Å². The predicted molar refractivity (Wildman–Crippen MR) is 105 cm³/mol. The maximum absolute atomic E-state index is 13.3. The quantitative estimate of drug-likeness (QED) is 0.372. The Kier molecular flexibility index (Phi) is 4.82. The van der Waals surface area contributed by atoms with E-state index in [1.807, 2.05) is 6.07 Å². The minimum atomic E-state index is -0.470. The minimum absolute atomic E-state index is 0.0840. The largest absolute Gasteiger partial charge is 0.474 e. The molecule has 0 bridgehead atoms. The molecule has 1 aromatic carbocycles. The fraction of sp³-hybridized carbons (Fsp3) is 0.0556. The molecule has 0 fully saturated rings. The van der Waals surface area contributed by atoms with Crippen molar-refractivity contribution in [2.24, 2.45) is 0 Å². The van der Waals surface area contributed by atoms with Crippen molar-refractivity contribution in [2.45, 2.75) is 6.54 Å². The number of carbonyl (C=O) groups is 1. The molecule has 5 nitrogen and oxygen atoms in total. The maximum Gasteiger partial charge on any atom is 0.339 e.